The number of aromatic nitrogens is 3. The molecule has 8 heteroatoms. The van der Waals surface area contributed by atoms with Crippen molar-refractivity contribution in [2.75, 3.05) is 0 Å². The van der Waals surface area contributed by atoms with Crippen LogP contribution in [0.3, 0.4) is 0 Å². The summed E-state index contributed by atoms with van der Waals surface area (Å²) in [6, 6.07) is 4.16. The fourth-order valence-corrected chi connectivity index (χ4v) is 2.44. The summed E-state index contributed by atoms with van der Waals surface area (Å²) in [5, 5.41) is 26.5. The molecule has 0 radical (unpaired) electrons. The first-order valence-electron chi connectivity index (χ1n) is 5.62. The van der Waals surface area contributed by atoms with Crippen molar-refractivity contribution in [2.24, 2.45) is 7.05 Å². The zero-order chi connectivity index (χ0) is 14.0. The predicted octanol–water partition coefficient (Wildman–Crippen LogP) is 0.235. The van der Waals surface area contributed by atoms with Gasteiger partial charge in [-0.05, 0) is 24.0 Å². The van der Waals surface area contributed by atoms with Gasteiger partial charge >= 0.3 is 7.12 Å². The third kappa shape index (κ3) is 3.15. The van der Waals surface area contributed by atoms with E-state index >= 15 is 0 Å². The lowest BCUT2D eigenvalue weighted by molar-refractivity contribution is 0.425. The molecule has 19 heavy (non-hydrogen) atoms. The molecule has 5 nitrogen and oxygen atoms in total. The molecule has 0 amide bonds. The van der Waals surface area contributed by atoms with E-state index in [4.69, 9.17) is 10.0 Å². The fourth-order valence-electron chi connectivity index (χ4n) is 1.50. The van der Waals surface area contributed by atoms with Gasteiger partial charge in [0.15, 0.2) is 5.16 Å². The number of thioether (sulfide) groups is 1. The van der Waals surface area contributed by atoms with E-state index in [1.807, 2.05) is 18.5 Å². The molecule has 100 valence electrons. The highest BCUT2D eigenvalue weighted by Crippen LogP contribution is 2.22. The van der Waals surface area contributed by atoms with Crippen LogP contribution in [0.4, 0.5) is 4.39 Å². The fraction of sp³-hybridized carbons (Fsp3) is 0.273. The Morgan fingerprint density at radius 3 is 2.63 bits per heavy atom. The van der Waals surface area contributed by atoms with Crippen LogP contribution in [0.2, 0.25) is 0 Å². The van der Waals surface area contributed by atoms with Crippen LogP contribution < -0.4 is 5.46 Å². The molecule has 0 aliphatic heterocycles. The van der Waals surface area contributed by atoms with E-state index in [1.54, 1.807) is 6.07 Å². The molecule has 0 aliphatic carbocycles. The van der Waals surface area contributed by atoms with Gasteiger partial charge in [-0.15, -0.1) is 10.2 Å². The Morgan fingerprint density at radius 1 is 1.37 bits per heavy atom. The zero-order valence-electron chi connectivity index (χ0n) is 10.5. The monoisotopic (exact) mass is 281 g/mol. The van der Waals surface area contributed by atoms with E-state index in [9.17, 15) is 4.39 Å². The Bertz CT molecular complexity index is 591. The molecule has 0 atom stereocenters. The van der Waals surface area contributed by atoms with Crippen molar-refractivity contribution >= 4 is 24.3 Å². The topological polar surface area (TPSA) is 71.2 Å². The van der Waals surface area contributed by atoms with Crippen molar-refractivity contribution in [1.82, 2.24) is 14.8 Å². The molecule has 1 heterocycles. The quantitative estimate of drug-likeness (QED) is 0.620. The average molecular weight is 281 g/mol. The molecule has 1 aromatic heterocycles. The summed E-state index contributed by atoms with van der Waals surface area (Å²) in [5.74, 6) is 0.735. The second kappa shape index (κ2) is 5.73. The van der Waals surface area contributed by atoms with Gasteiger partial charge in [-0.1, -0.05) is 23.9 Å². The molecular weight excluding hydrogens is 268 g/mol. The van der Waals surface area contributed by atoms with Gasteiger partial charge in [0.25, 0.3) is 0 Å². The molecule has 0 saturated heterocycles. The van der Waals surface area contributed by atoms with Crippen LogP contribution in [0.15, 0.2) is 23.4 Å². The number of halogens is 1. The lowest BCUT2D eigenvalue weighted by atomic mass is 9.80. The van der Waals surface area contributed by atoms with Gasteiger partial charge in [0.2, 0.25) is 0 Å². The van der Waals surface area contributed by atoms with Crippen molar-refractivity contribution in [3.8, 4) is 0 Å². The van der Waals surface area contributed by atoms with Crippen molar-refractivity contribution in [3.05, 3.63) is 35.4 Å². The molecule has 1 aromatic carbocycles. The Labute approximate surface area is 114 Å². The highest BCUT2D eigenvalue weighted by atomic mass is 32.2. The van der Waals surface area contributed by atoms with Gasteiger partial charge in [0.05, 0.1) is 0 Å². The van der Waals surface area contributed by atoms with Crippen LogP contribution >= 0.6 is 11.8 Å². The minimum absolute atomic E-state index is 0.140. The molecule has 0 bridgehead atoms. The van der Waals surface area contributed by atoms with Crippen LogP contribution in [0, 0.1) is 12.7 Å². The number of hydrogen-bond acceptors (Lipinski definition) is 5. The Balaban J connectivity index is 2.10. The molecule has 0 aliphatic rings. The summed E-state index contributed by atoms with van der Waals surface area (Å²) in [7, 11) is 0.191. The second-order valence-corrected chi connectivity index (χ2v) is 5.04. The second-order valence-electron chi connectivity index (χ2n) is 4.10. The summed E-state index contributed by atoms with van der Waals surface area (Å²) in [6.45, 7) is 1.84. The van der Waals surface area contributed by atoms with E-state index in [0.29, 0.717) is 16.5 Å². The first-order valence-corrected chi connectivity index (χ1v) is 6.61. The largest absolute Gasteiger partial charge is 0.488 e. The SMILES string of the molecule is Cc1nnc(SCc2ccc(B(O)O)cc2F)n1C. The van der Waals surface area contributed by atoms with Crippen molar-refractivity contribution in [1.29, 1.82) is 0 Å². The standard InChI is InChI=1S/C11H13BFN3O2S/c1-7-14-15-11(16(7)2)19-6-8-3-4-9(12(17)18)5-10(8)13/h3-5,17-18H,6H2,1-2H3. The maximum absolute atomic E-state index is 13.7. The Hall–Kier alpha value is -1.38. The zero-order valence-corrected chi connectivity index (χ0v) is 11.4. The Morgan fingerprint density at radius 2 is 2.11 bits per heavy atom. The first-order chi connectivity index (χ1) is 8.99. The van der Waals surface area contributed by atoms with Crippen LogP contribution in [0.25, 0.3) is 0 Å². The molecule has 0 fully saturated rings. The minimum atomic E-state index is -1.66. The number of rotatable bonds is 4. The average Bonchev–Trinajstić information content (AvgIpc) is 2.68. The van der Waals surface area contributed by atoms with Gasteiger partial charge in [0, 0.05) is 12.8 Å². The lowest BCUT2D eigenvalue weighted by Crippen LogP contribution is -2.30. The summed E-state index contributed by atoms with van der Waals surface area (Å²) < 4.78 is 15.6. The molecule has 2 aromatic rings. The van der Waals surface area contributed by atoms with Gasteiger partial charge in [-0.2, -0.15) is 0 Å². The molecular formula is C11H13BFN3O2S. The van der Waals surface area contributed by atoms with Crippen LogP contribution in [0.5, 0.6) is 0 Å². The third-order valence-corrected chi connectivity index (χ3v) is 3.85. The van der Waals surface area contributed by atoms with Crippen molar-refractivity contribution in [3.63, 3.8) is 0 Å². The van der Waals surface area contributed by atoms with Crippen LogP contribution in [-0.2, 0) is 12.8 Å². The van der Waals surface area contributed by atoms with E-state index in [-0.39, 0.29) is 5.46 Å². The number of benzene rings is 1. The summed E-state index contributed by atoms with van der Waals surface area (Å²) in [6.07, 6.45) is 0. The van der Waals surface area contributed by atoms with Crippen molar-refractivity contribution in [2.45, 2.75) is 17.8 Å². The summed E-state index contributed by atoms with van der Waals surface area (Å²) in [4.78, 5) is 0. The molecule has 0 spiro atoms. The summed E-state index contributed by atoms with van der Waals surface area (Å²) >= 11 is 1.37. The summed E-state index contributed by atoms with van der Waals surface area (Å²) in [5.41, 5.74) is 0.621. The van der Waals surface area contributed by atoms with Gasteiger partial charge < -0.3 is 14.6 Å². The lowest BCUT2D eigenvalue weighted by Gasteiger charge is -2.05. The van der Waals surface area contributed by atoms with Gasteiger partial charge in [-0.3, -0.25) is 0 Å². The smallest absolute Gasteiger partial charge is 0.423 e. The van der Waals surface area contributed by atoms with Crippen LogP contribution in [0.1, 0.15) is 11.4 Å². The number of hydrogen-bond donors (Lipinski definition) is 2. The normalized spacial score (nSPS) is 10.8. The third-order valence-electron chi connectivity index (χ3n) is 2.78. The minimum Gasteiger partial charge on any atom is -0.423 e. The predicted molar refractivity (Wildman–Crippen MR) is 71.5 cm³/mol. The maximum Gasteiger partial charge on any atom is 0.488 e. The maximum atomic E-state index is 13.7. The van der Waals surface area contributed by atoms with Crippen molar-refractivity contribution < 1.29 is 14.4 Å². The highest BCUT2D eigenvalue weighted by Gasteiger charge is 2.14. The first kappa shape index (κ1) is 14.0. The van der Waals surface area contributed by atoms with E-state index in [0.717, 1.165) is 11.9 Å². The van der Waals surface area contributed by atoms with Crippen LogP contribution in [-0.4, -0.2) is 31.9 Å². The molecule has 2 N–H and O–H groups in total. The van der Waals surface area contributed by atoms with Gasteiger partial charge in [0.1, 0.15) is 11.6 Å². The molecule has 0 unspecified atom stereocenters. The highest BCUT2D eigenvalue weighted by molar-refractivity contribution is 7.98. The van der Waals surface area contributed by atoms with E-state index in [1.165, 1.54) is 17.8 Å². The molecule has 0 saturated carbocycles. The number of aryl methyl sites for hydroxylation is 1. The number of nitrogens with zero attached hydrogens (tertiary/aromatic N) is 3. The van der Waals surface area contributed by atoms with E-state index < -0.39 is 12.9 Å². The Kier molecular flexibility index (Phi) is 4.23. The van der Waals surface area contributed by atoms with E-state index in [2.05, 4.69) is 10.2 Å². The molecule has 2 rings (SSSR count). The van der Waals surface area contributed by atoms with Gasteiger partial charge in [-0.25, -0.2) is 4.39 Å².